The van der Waals surface area contributed by atoms with Crippen LogP contribution in [-0.2, 0) is 0 Å². The molecule has 0 unspecified atom stereocenters. The topological polar surface area (TPSA) is 81.1 Å². The number of rotatable bonds is 3. The highest BCUT2D eigenvalue weighted by Crippen LogP contribution is 2.36. The number of aromatic nitrogens is 2. The minimum Gasteiger partial charge on any atom is -0.507 e. The summed E-state index contributed by atoms with van der Waals surface area (Å²) in [5.74, 6) is -0.176. The van der Waals surface area contributed by atoms with E-state index in [2.05, 4.69) is 5.10 Å². The van der Waals surface area contributed by atoms with Gasteiger partial charge in [0, 0.05) is 16.7 Å². The summed E-state index contributed by atoms with van der Waals surface area (Å²) in [7, 11) is 0. The van der Waals surface area contributed by atoms with Crippen LogP contribution >= 0.6 is 0 Å². The number of phenols is 1. The Balaban J connectivity index is 2.16. The molecule has 110 valence electrons. The predicted octanol–water partition coefficient (Wildman–Crippen LogP) is 2.78. The van der Waals surface area contributed by atoms with Crippen molar-refractivity contribution in [2.45, 2.75) is 0 Å². The number of aromatic hydroxyl groups is 1. The zero-order valence-electron chi connectivity index (χ0n) is 11.4. The first-order valence-corrected chi connectivity index (χ1v) is 6.49. The summed E-state index contributed by atoms with van der Waals surface area (Å²) in [6.45, 7) is 0. The summed E-state index contributed by atoms with van der Waals surface area (Å²) in [4.78, 5) is 11.2. The zero-order valence-corrected chi connectivity index (χ0v) is 11.4. The molecular weight excluding hydrogens is 285 g/mol. The van der Waals surface area contributed by atoms with Gasteiger partial charge >= 0.3 is 0 Å². The summed E-state index contributed by atoms with van der Waals surface area (Å²) >= 11 is 0. The van der Waals surface area contributed by atoms with E-state index in [1.165, 1.54) is 41.2 Å². The van der Waals surface area contributed by atoms with Crippen LogP contribution in [0.25, 0.3) is 16.8 Å². The maximum Gasteiger partial charge on any atom is 0.150 e. The number of anilines is 1. The molecule has 0 radical (unpaired) electrons. The standard InChI is InChI=1S/C16H12FN3O2/c17-11-4-6-12(7-5-11)20-16(18)13(8-19-20)15-10(9-21)2-1-3-14(15)22/h1-9,22H,18H2. The number of nitrogens with two attached hydrogens (primary N) is 1. The monoisotopic (exact) mass is 297 g/mol. The van der Waals surface area contributed by atoms with E-state index in [1.807, 2.05) is 0 Å². The van der Waals surface area contributed by atoms with Crippen LogP contribution in [0.1, 0.15) is 10.4 Å². The lowest BCUT2D eigenvalue weighted by atomic mass is 10.0. The summed E-state index contributed by atoms with van der Waals surface area (Å²) in [5, 5.41) is 14.2. The second kappa shape index (κ2) is 5.33. The SMILES string of the molecule is Nc1c(-c2c(O)cccc2C=O)cnn1-c1ccc(F)cc1. The number of nitrogens with zero attached hydrogens (tertiary/aromatic N) is 2. The van der Waals surface area contributed by atoms with Gasteiger partial charge < -0.3 is 10.8 Å². The fraction of sp³-hybridized carbons (Fsp3) is 0. The maximum absolute atomic E-state index is 13.0. The highest BCUT2D eigenvalue weighted by molar-refractivity contribution is 5.93. The Morgan fingerprint density at radius 1 is 1.18 bits per heavy atom. The van der Waals surface area contributed by atoms with Crippen molar-refractivity contribution in [3.63, 3.8) is 0 Å². The van der Waals surface area contributed by atoms with Crippen molar-refractivity contribution in [2.24, 2.45) is 0 Å². The van der Waals surface area contributed by atoms with Crippen LogP contribution in [0.3, 0.4) is 0 Å². The van der Waals surface area contributed by atoms with Crippen LogP contribution in [0.2, 0.25) is 0 Å². The molecule has 0 saturated carbocycles. The summed E-state index contributed by atoms with van der Waals surface area (Å²) < 4.78 is 14.4. The molecule has 1 aromatic heterocycles. The van der Waals surface area contributed by atoms with E-state index in [-0.39, 0.29) is 17.4 Å². The van der Waals surface area contributed by atoms with Crippen LogP contribution in [0.4, 0.5) is 10.2 Å². The highest BCUT2D eigenvalue weighted by Gasteiger charge is 2.17. The van der Waals surface area contributed by atoms with E-state index in [1.54, 1.807) is 12.1 Å². The van der Waals surface area contributed by atoms with Crippen molar-refractivity contribution in [1.82, 2.24) is 9.78 Å². The van der Waals surface area contributed by atoms with Gasteiger partial charge in [-0.1, -0.05) is 12.1 Å². The predicted molar refractivity (Wildman–Crippen MR) is 80.4 cm³/mol. The molecule has 22 heavy (non-hydrogen) atoms. The molecule has 0 saturated heterocycles. The quantitative estimate of drug-likeness (QED) is 0.728. The number of carbonyl (C=O) groups is 1. The average Bonchev–Trinajstić information content (AvgIpc) is 2.89. The summed E-state index contributed by atoms with van der Waals surface area (Å²) in [5.41, 5.74) is 7.72. The largest absolute Gasteiger partial charge is 0.507 e. The molecular formula is C16H12FN3O2. The third kappa shape index (κ3) is 2.20. The van der Waals surface area contributed by atoms with Crippen LogP contribution in [0.15, 0.2) is 48.7 Å². The van der Waals surface area contributed by atoms with Crippen LogP contribution in [0.5, 0.6) is 5.75 Å². The van der Waals surface area contributed by atoms with Crippen molar-refractivity contribution in [3.05, 3.63) is 60.0 Å². The lowest BCUT2D eigenvalue weighted by molar-refractivity contribution is 0.112. The molecule has 0 amide bonds. The third-order valence-electron chi connectivity index (χ3n) is 3.35. The number of nitrogen functional groups attached to an aromatic ring is 1. The van der Waals surface area contributed by atoms with E-state index >= 15 is 0 Å². The number of aldehydes is 1. The van der Waals surface area contributed by atoms with Crippen LogP contribution in [0, 0.1) is 5.82 Å². The van der Waals surface area contributed by atoms with E-state index in [4.69, 9.17) is 5.73 Å². The Morgan fingerprint density at radius 3 is 2.59 bits per heavy atom. The number of carbonyl (C=O) groups excluding carboxylic acids is 1. The molecule has 2 aromatic carbocycles. The second-order valence-corrected chi connectivity index (χ2v) is 4.69. The molecule has 3 rings (SSSR count). The van der Waals surface area contributed by atoms with Gasteiger partial charge in [0.25, 0.3) is 0 Å². The molecule has 6 heteroatoms. The van der Waals surface area contributed by atoms with Gasteiger partial charge in [0.1, 0.15) is 17.4 Å². The molecule has 0 aliphatic rings. The molecule has 0 aliphatic heterocycles. The Kier molecular flexibility index (Phi) is 3.34. The Hall–Kier alpha value is -3.15. The molecule has 3 N–H and O–H groups in total. The first kappa shape index (κ1) is 13.8. The van der Waals surface area contributed by atoms with Gasteiger partial charge in [-0.15, -0.1) is 0 Å². The number of phenolic OH excluding ortho intramolecular Hbond substituents is 1. The highest BCUT2D eigenvalue weighted by atomic mass is 19.1. The van der Waals surface area contributed by atoms with Crippen LogP contribution < -0.4 is 5.73 Å². The van der Waals surface area contributed by atoms with Gasteiger partial charge in [0.15, 0.2) is 6.29 Å². The van der Waals surface area contributed by atoms with Crippen molar-refractivity contribution in [2.75, 3.05) is 5.73 Å². The molecule has 0 spiro atoms. The van der Waals surface area contributed by atoms with E-state index in [0.717, 1.165) is 0 Å². The Morgan fingerprint density at radius 2 is 1.91 bits per heavy atom. The lowest BCUT2D eigenvalue weighted by Crippen LogP contribution is -2.02. The minimum atomic E-state index is -0.362. The van der Waals surface area contributed by atoms with Gasteiger partial charge in [0.05, 0.1) is 11.9 Å². The zero-order chi connectivity index (χ0) is 15.7. The van der Waals surface area contributed by atoms with Crippen molar-refractivity contribution < 1.29 is 14.3 Å². The number of hydrogen-bond acceptors (Lipinski definition) is 4. The summed E-state index contributed by atoms with van der Waals surface area (Å²) in [6, 6.07) is 10.3. The molecule has 0 aliphatic carbocycles. The molecule has 0 atom stereocenters. The first-order valence-electron chi connectivity index (χ1n) is 6.49. The van der Waals surface area contributed by atoms with Crippen molar-refractivity contribution >= 4 is 12.1 Å². The lowest BCUT2D eigenvalue weighted by Gasteiger charge is -2.08. The maximum atomic E-state index is 13.0. The second-order valence-electron chi connectivity index (χ2n) is 4.69. The van der Waals surface area contributed by atoms with E-state index in [9.17, 15) is 14.3 Å². The minimum absolute atomic E-state index is 0.0602. The number of hydrogen-bond donors (Lipinski definition) is 2. The van der Waals surface area contributed by atoms with Gasteiger partial charge in [-0.05, 0) is 30.3 Å². The third-order valence-corrected chi connectivity index (χ3v) is 3.35. The normalized spacial score (nSPS) is 10.6. The van der Waals surface area contributed by atoms with Gasteiger partial charge in [-0.25, -0.2) is 9.07 Å². The Bertz CT molecular complexity index is 841. The van der Waals surface area contributed by atoms with Crippen molar-refractivity contribution in [3.8, 4) is 22.6 Å². The smallest absolute Gasteiger partial charge is 0.150 e. The molecule has 5 nitrogen and oxygen atoms in total. The average molecular weight is 297 g/mol. The first-order chi connectivity index (χ1) is 10.6. The molecule has 1 heterocycles. The molecule has 0 bridgehead atoms. The summed E-state index contributed by atoms with van der Waals surface area (Å²) in [6.07, 6.45) is 2.10. The van der Waals surface area contributed by atoms with Gasteiger partial charge in [0.2, 0.25) is 0 Å². The molecule has 3 aromatic rings. The van der Waals surface area contributed by atoms with Gasteiger partial charge in [-0.3, -0.25) is 4.79 Å². The van der Waals surface area contributed by atoms with Gasteiger partial charge in [-0.2, -0.15) is 5.10 Å². The Labute approximate surface area is 125 Å². The fourth-order valence-electron chi connectivity index (χ4n) is 2.29. The van der Waals surface area contributed by atoms with Crippen molar-refractivity contribution in [1.29, 1.82) is 0 Å². The van der Waals surface area contributed by atoms with E-state index in [0.29, 0.717) is 28.7 Å². The number of halogens is 1. The fourth-order valence-corrected chi connectivity index (χ4v) is 2.29. The van der Waals surface area contributed by atoms with E-state index < -0.39 is 0 Å². The number of benzene rings is 2. The molecule has 0 fully saturated rings. The van der Waals surface area contributed by atoms with Crippen LogP contribution in [-0.4, -0.2) is 21.2 Å².